The van der Waals surface area contributed by atoms with Crippen LogP contribution in [-0.2, 0) is 0 Å². The Hall–Kier alpha value is -4.70. The van der Waals surface area contributed by atoms with Crippen LogP contribution in [0.2, 0.25) is 0 Å². The highest BCUT2D eigenvalue weighted by Crippen LogP contribution is 2.20. The van der Waals surface area contributed by atoms with Gasteiger partial charge in [0.15, 0.2) is 0 Å². The summed E-state index contributed by atoms with van der Waals surface area (Å²) in [5.41, 5.74) is 9.02. The number of nitrogens with zero attached hydrogens (tertiary/aromatic N) is 3. The van der Waals surface area contributed by atoms with Crippen LogP contribution in [0.5, 0.6) is 11.6 Å². The third-order valence-corrected chi connectivity index (χ3v) is 7.70. The van der Waals surface area contributed by atoms with Crippen molar-refractivity contribution in [3.8, 4) is 11.6 Å². The van der Waals surface area contributed by atoms with E-state index in [1.165, 1.54) is 38.5 Å². The van der Waals surface area contributed by atoms with E-state index in [0.717, 1.165) is 12.4 Å². The highest BCUT2D eigenvalue weighted by molar-refractivity contribution is 7.11. The van der Waals surface area contributed by atoms with Gasteiger partial charge in [-0.1, -0.05) is 112 Å². The van der Waals surface area contributed by atoms with E-state index in [1.807, 2.05) is 18.2 Å². The molecule has 0 fully saturated rings. The second-order valence-electron chi connectivity index (χ2n) is 10.2. The molecule has 7 rings (SSSR count). The molecule has 2 aliphatic heterocycles. The Bertz CT molecular complexity index is 1660. The van der Waals surface area contributed by atoms with Crippen LogP contribution in [0.3, 0.4) is 0 Å². The molecule has 1 aromatic heterocycles. The van der Waals surface area contributed by atoms with Crippen molar-refractivity contribution < 1.29 is 4.74 Å². The van der Waals surface area contributed by atoms with Crippen LogP contribution in [0.25, 0.3) is 0 Å². The summed E-state index contributed by atoms with van der Waals surface area (Å²) in [5.74, 6) is 1.39. The van der Waals surface area contributed by atoms with E-state index in [9.17, 15) is 0 Å². The van der Waals surface area contributed by atoms with E-state index < -0.39 is 0 Å². The molecular weight excluding hydrogens is 476 g/mol. The van der Waals surface area contributed by atoms with Crippen molar-refractivity contribution >= 4 is 51.9 Å². The number of hydrogen-bond acceptors (Lipinski definition) is 4. The predicted molar refractivity (Wildman–Crippen MR) is 164 cm³/mol. The maximum Gasteiger partial charge on any atom is 0.240 e. The first-order valence-electron chi connectivity index (χ1n) is 13.4. The van der Waals surface area contributed by atoms with Crippen molar-refractivity contribution in [1.29, 1.82) is 0 Å². The number of rotatable bonds is 5. The van der Waals surface area contributed by atoms with Crippen LogP contribution in [0, 0.1) is 0 Å². The lowest BCUT2D eigenvalue weighted by Crippen LogP contribution is -2.74. The fourth-order valence-corrected chi connectivity index (χ4v) is 5.97. The van der Waals surface area contributed by atoms with Crippen molar-refractivity contribution in [2.75, 3.05) is 18.6 Å². The van der Waals surface area contributed by atoms with Crippen LogP contribution >= 0.6 is 0 Å². The topological polar surface area (TPSA) is 28.6 Å². The molecule has 4 aromatic carbocycles. The zero-order valence-electron chi connectivity index (χ0n) is 21.8. The number of pyridine rings is 1. The molecular formula is C33H27B2N3O. The van der Waals surface area contributed by atoms with Gasteiger partial charge in [0.1, 0.15) is 5.75 Å². The van der Waals surface area contributed by atoms with Gasteiger partial charge >= 0.3 is 0 Å². The van der Waals surface area contributed by atoms with Gasteiger partial charge in [0.05, 0.1) is 6.67 Å². The largest absolute Gasteiger partial charge is 0.439 e. The first-order chi connectivity index (χ1) is 19.2. The Labute approximate surface area is 230 Å². The van der Waals surface area contributed by atoms with Crippen molar-refractivity contribution in [1.82, 2.24) is 9.88 Å². The minimum Gasteiger partial charge on any atom is -0.439 e. The molecule has 0 unspecified atom stereocenters. The van der Waals surface area contributed by atoms with Gasteiger partial charge < -0.3 is 14.5 Å². The van der Waals surface area contributed by atoms with Crippen molar-refractivity contribution in [2.24, 2.45) is 0 Å². The highest BCUT2D eigenvalue weighted by Gasteiger charge is 2.38. The van der Waals surface area contributed by atoms with E-state index in [-0.39, 0.29) is 13.4 Å². The fourth-order valence-electron chi connectivity index (χ4n) is 5.97. The number of benzene rings is 4. The molecule has 0 N–H and O–H groups in total. The number of aromatic nitrogens is 1. The molecule has 0 bridgehead atoms. The van der Waals surface area contributed by atoms with E-state index in [2.05, 4.69) is 131 Å². The van der Waals surface area contributed by atoms with Crippen LogP contribution in [0.4, 0.5) is 5.69 Å². The molecule has 5 aromatic rings. The molecule has 2 aliphatic rings. The third kappa shape index (κ3) is 4.38. The molecule has 186 valence electrons. The van der Waals surface area contributed by atoms with Crippen LogP contribution in [0.1, 0.15) is 0 Å². The number of anilines is 1. The standard InChI is InChI=1S/C33H27B2N3O/c1-37-20-21-38(24-37)27-13-9-12-26(22-27)35-30-15-6-5-14-29(30)34(25-10-3-2-4-11-25)31-18-17-28(23-32(31)35)39-33-16-7-8-19-36-33/h2-23H,24H2,1H3. The van der Waals surface area contributed by atoms with Gasteiger partial charge in [-0.25, -0.2) is 4.98 Å². The first-order valence-corrected chi connectivity index (χ1v) is 13.4. The Kier molecular flexibility index (Phi) is 5.93. The summed E-state index contributed by atoms with van der Waals surface area (Å²) in [4.78, 5) is 8.85. The first kappa shape index (κ1) is 23.4. The smallest absolute Gasteiger partial charge is 0.240 e. The normalized spacial score (nSPS) is 13.9. The summed E-state index contributed by atoms with van der Waals surface area (Å²) in [6.07, 6.45) is 6.02. The lowest BCUT2D eigenvalue weighted by Gasteiger charge is -2.32. The molecule has 0 atom stereocenters. The van der Waals surface area contributed by atoms with Crippen molar-refractivity contribution in [3.05, 3.63) is 134 Å². The minimum atomic E-state index is 0.0766. The SMILES string of the molecule is CN1C=CN(c2cccc(B3c4ccccc4B(c4ccccc4)c4ccc(Oc5ccccn5)cc43)c2)C1. The highest BCUT2D eigenvalue weighted by atomic mass is 16.5. The molecule has 3 heterocycles. The second kappa shape index (κ2) is 9.88. The minimum absolute atomic E-state index is 0.0766. The van der Waals surface area contributed by atoms with E-state index >= 15 is 0 Å². The summed E-state index contributed by atoms with van der Waals surface area (Å²) >= 11 is 0. The second-order valence-corrected chi connectivity index (χ2v) is 10.2. The van der Waals surface area contributed by atoms with Gasteiger partial charge in [-0.15, -0.1) is 0 Å². The molecule has 0 amide bonds. The zero-order chi connectivity index (χ0) is 26.2. The van der Waals surface area contributed by atoms with E-state index in [4.69, 9.17) is 4.74 Å². The van der Waals surface area contributed by atoms with Crippen molar-refractivity contribution in [2.45, 2.75) is 0 Å². The van der Waals surface area contributed by atoms with Gasteiger partial charge in [0.2, 0.25) is 19.3 Å². The average Bonchev–Trinajstić information content (AvgIpc) is 3.43. The predicted octanol–water partition coefficient (Wildman–Crippen LogP) is 2.40. The number of ether oxygens (including phenoxy) is 1. The summed E-state index contributed by atoms with van der Waals surface area (Å²) in [5, 5.41) is 0. The maximum atomic E-state index is 6.24. The van der Waals surface area contributed by atoms with Crippen LogP contribution in [-0.4, -0.2) is 37.0 Å². The Balaban J connectivity index is 1.40. The average molecular weight is 503 g/mol. The molecule has 0 radical (unpaired) electrons. The lowest BCUT2D eigenvalue weighted by atomic mass is 9.21. The van der Waals surface area contributed by atoms with Gasteiger partial charge in [-0.2, -0.15) is 0 Å². The Morgan fingerprint density at radius 2 is 1.36 bits per heavy atom. The van der Waals surface area contributed by atoms with Gasteiger partial charge in [0, 0.05) is 37.4 Å². The fraction of sp³-hybridized carbons (Fsp3) is 0.0606. The molecule has 0 spiro atoms. The van der Waals surface area contributed by atoms with E-state index in [0.29, 0.717) is 5.88 Å². The maximum absolute atomic E-state index is 6.24. The third-order valence-electron chi connectivity index (χ3n) is 7.70. The summed E-state index contributed by atoms with van der Waals surface area (Å²) in [6.45, 7) is 1.07. The van der Waals surface area contributed by atoms with Crippen LogP contribution in [0.15, 0.2) is 134 Å². The van der Waals surface area contributed by atoms with Crippen molar-refractivity contribution in [3.63, 3.8) is 0 Å². The molecule has 0 saturated carbocycles. The lowest BCUT2D eigenvalue weighted by molar-refractivity contribution is 0.463. The van der Waals surface area contributed by atoms with Gasteiger partial charge in [0.25, 0.3) is 0 Å². The molecule has 4 nitrogen and oxygen atoms in total. The Morgan fingerprint density at radius 3 is 2.10 bits per heavy atom. The number of fused-ring (bicyclic) bond motifs is 2. The monoisotopic (exact) mass is 503 g/mol. The molecule has 0 aliphatic carbocycles. The molecule has 0 saturated heterocycles. The Morgan fingerprint density at radius 1 is 0.641 bits per heavy atom. The molecule has 6 heteroatoms. The van der Waals surface area contributed by atoms with Gasteiger partial charge in [-0.05, 0) is 30.3 Å². The van der Waals surface area contributed by atoms with Gasteiger partial charge in [-0.3, -0.25) is 0 Å². The van der Waals surface area contributed by atoms with E-state index in [1.54, 1.807) is 6.20 Å². The summed E-state index contributed by atoms with van der Waals surface area (Å²) < 4.78 is 6.24. The zero-order valence-corrected chi connectivity index (χ0v) is 21.8. The number of hydrogen-bond donors (Lipinski definition) is 0. The summed E-state index contributed by atoms with van der Waals surface area (Å²) in [6, 6.07) is 41.0. The quantitative estimate of drug-likeness (QED) is 0.338. The summed E-state index contributed by atoms with van der Waals surface area (Å²) in [7, 11) is 2.10. The van der Waals surface area contributed by atoms with Crippen LogP contribution < -0.4 is 42.4 Å². The molecule has 39 heavy (non-hydrogen) atoms.